The van der Waals surface area contributed by atoms with Crippen LogP contribution in [-0.4, -0.2) is 52.8 Å². The lowest BCUT2D eigenvalue weighted by molar-refractivity contribution is -0.129. The minimum Gasteiger partial charge on any atom is -0.503 e. The van der Waals surface area contributed by atoms with Gasteiger partial charge in [0.05, 0.1) is 11.6 Å². The number of halogens is 1. The molecule has 0 saturated heterocycles. The van der Waals surface area contributed by atoms with Crippen LogP contribution in [0.3, 0.4) is 0 Å². The molecule has 0 saturated carbocycles. The van der Waals surface area contributed by atoms with E-state index < -0.39 is 23.5 Å². The zero-order valence-electron chi connectivity index (χ0n) is 18.0. The number of rotatable bonds is 8. The molecule has 1 aromatic heterocycles. The number of furan rings is 1. The zero-order chi connectivity index (χ0) is 22.8. The summed E-state index contributed by atoms with van der Waals surface area (Å²) in [6.45, 7) is 6.86. The number of Topliss-reactive ketones (excluding diaryl/α,β-unsaturated/α-hetero) is 1. The molecule has 32 heavy (non-hydrogen) atoms. The van der Waals surface area contributed by atoms with Gasteiger partial charge in [0.15, 0.2) is 11.5 Å². The van der Waals surface area contributed by atoms with Crippen molar-refractivity contribution in [2.45, 2.75) is 19.9 Å². The lowest BCUT2D eigenvalue weighted by Crippen LogP contribution is -2.38. The number of aliphatic hydroxyl groups is 1. The van der Waals surface area contributed by atoms with Gasteiger partial charge in [0, 0.05) is 22.9 Å². The van der Waals surface area contributed by atoms with Gasteiger partial charge in [-0.3, -0.25) is 9.59 Å². The molecule has 0 unspecified atom stereocenters. The van der Waals surface area contributed by atoms with Crippen molar-refractivity contribution in [3.05, 3.63) is 81.7 Å². The standard InChI is InChI=1S/C25H25BrN2O4/c1-3-27(4-2)12-13-28-22(17-9-7-10-18(26)14-17)21(24(30)25(28)31)23(29)20-15-16-8-5-6-11-19(16)32-20/h5-11,14-15,22,30H,3-4,12-13H2,1-2H3/t22-/m1/s1. The normalized spacial score (nSPS) is 16.6. The van der Waals surface area contributed by atoms with E-state index in [1.807, 2.05) is 42.5 Å². The van der Waals surface area contributed by atoms with Crippen LogP contribution >= 0.6 is 15.9 Å². The Balaban J connectivity index is 1.75. The number of carbonyl (C=O) groups is 2. The lowest BCUT2D eigenvalue weighted by Gasteiger charge is -2.29. The van der Waals surface area contributed by atoms with E-state index in [9.17, 15) is 14.7 Å². The van der Waals surface area contributed by atoms with Gasteiger partial charge in [-0.15, -0.1) is 0 Å². The summed E-state index contributed by atoms with van der Waals surface area (Å²) < 4.78 is 6.59. The Bertz CT molecular complexity index is 1160. The number of likely N-dealkylation sites (N-methyl/N-ethyl adjacent to an activating group) is 1. The minimum absolute atomic E-state index is 0.0479. The van der Waals surface area contributed by atoms with Crippen LogP contribution in [0, 0.1) is 0 Å². The molecule has 2 aromatic carbocycles. The van der Waals surface area contributed by atoms with Gasteiger partial charge in [0.2, 0.25) is 5.78 Å². The fourth-order valence-electron chi connectivity index (χ4n) is 4.15. The van der Waals surface area contributed by atoms with E-state index in [1.165, 1.54) is 0 Å². The van der Waals surface area contributed by atoms with E-state index in [1.54, 1.807) is 17.0 Å². The third kappa shape index (κ3) is 4.10. The predicted molar refractivity (Wildman–Crippen MR) is 127 cm³/mol. The first-order chi connectivity index (χ1) is 15.4. The summed E-state index contributed by atoms with van der Waals surface area (Å²) in [4.78, 5) is 30.4. The fourth-order valence-corrected chi connectivity index (χ4v) is 4.57. The highest BCUT2D eigenvalue weighted by Gasteiger charge is 2.44. The summed E-state index contributed by atoms with van der Waals surface area (Å²) in [5.41, 5.74) is 1.38. The topological polar surface area (TPSA) is 74.0 Å². The molecule has 1 aliphatic heterocycles. The van der Waals surface area contributed by atoms with E-state index >= 15 is 0 Å². The van der Waals surface area contributed by atoms with Gasteiger partial charge < -0.3 is 19.3 Å². The van der Waals surface area contributed by atoms with Gasteiger partial charge in [-0.25, -0.2) is 0 Å². The van der Waals surface area contributed by atoms with Gasteiger partial charge in [-0.05, 0) is 42.9 Å². The molecule has 0 bridgehead atoms. The van der Waals surface area contributed by atoms with E-state index in [-0.39, 0.29) is 11.3 Å². The van der Waals surface area contributed by atoms with E-state index in [0.717, 1.165) is 28.5 Å². The maximum absolute atomic E-state index is 13.5. The molecular formula is C25H25BrN2O4. The number of ketones is 1. The molecule has 0 spiro atoms. The van der Waals surface area contributed by atoms with Crippen LogP contribution < -0.4 is 0 Å². The predicted octanol–water partition coefficient (Wildman–Crippen LogP) is 5.12. The van der Waals surface area contributed by atoms with Gasteiger partial charge in [0.1, 0.15) is 5.58 Å². The molecule has 6 nitrogen and oxygen atoms in total. The Hall–Kier alpha value is -2.90. The highest BCUT2D eigenvalue weighted by Crippen LogP contribution is 2.40. The number of amides is 1. The summed E-state index contributed by atoms with van der Waals surface area (Å²) in [6, 6.07) is 15.7. The van der Waals surface area contributed by atoms with Crippen molar-refractivity contribution in [1.82, 2.24) is 9.80 Å². The van der Waals surface area contributed by atoms with Crippen molar-refractivity contribution in [1.29, 1.82) is 0 Å². The summed E-state index contributed by atoms with van der Waals surface area (Å²) in [5.74, 6) is -1.44. The van der Waals surface area contributed by atoms with Crippen molar-refractivity contribution in [2.75, 3.05) is 26.2 Å². The van der Waals surface area contributed by atoms with Crippen LogP contribution in [0.2, 0.25) is 0 Å². The monoisotopic (exact) mass is 496 g/mol. The van der Waals surface area contributed by atoms with Gasteiger partial charge >= 0.3 is 0 Å². The molecule has 0 aliphatic carbocycles. The second-order valence-corrected chi connectivity index (χ2v) is 8.64. The average Bonchev–Trinajstić information content (AvgIpc) is 3.34. The number of benzene rings is 2. The third-order valence-corrected chi connectivity index (χ3v) is 6.41. The smallest absolute Gasteiger partial charge is 0.290 e. The number of aliphatic hydroxyl groups excluding tert-OH is 1. The summed E-state index contributed by atoms with van der Waals surface area (Å²) in [5, 5.41) is 11.6. The van der Waals surface area contributed by atoms with Gasteiger partial charge in [-0.2, -0.15) is 0 Å². The number of hydrogen-bond acceptors (Lipinski definition) is 5. The Morgan fingerprint density at radius 2 is 1.88 bits per heavy atom. The van der Waals surface area contributed by atoms with Crippen molar-refractivity contribution < 1.29 is 19.1 Å². The maximum atomic E-state index is 13.5. The number of carbonyl (C=O) groups excluding carboxylic acids is 2. The molecular weight excluding hydrogens is 472 g/mol. The lowest BCUT2D eigenvalue weighted by atomic mass is 9.95. The Kier molecular flexibility index (Phi) is 6.48. The van der Waals surface area contributed by atoms with Crippen LogP contribution in [0.25, 0.3) is 11.0 Å². The Morgan fingerprint density at radius 1 is 1.12 bits per heavy atom. The van der Waals surface area contributed by atoms with Crippen molar-refractivity contribution in [2.24, 2.45) is 0 Å². The largest absolute Gasteiger partial charge is 0.503 e. The summed E-state index contributed by atoms with van der Waals surface area (Å²) >= 11 is 3.48. The number of fused-ring (bicyclic) bond motifs is 1. The molecule has 0 fully saturated rings. The molecule has 166 valence electrons. The van der Waals surface area contributed by atoms with E-state index in [0.29, 0.717) is 18.7 Å². The van der Waals surface area contributed by atoms with E-state index in [4.69, 9.17) is 4.42 Å². The molecule has 4 rings (SSSR count). The first-order valence-corrected chi connectivity index (χ1v) is 11.5. The van der Waals surface area contributed by atoms with E-state index in [2.05, 4.69) is 34.7 Å². The second kappa shape index (κ2) is 9.30. The molecule has 0 radical (unpaired) electrons. The molecule has 1 aliphatic rings. The quantitative estimate of drug-likeness (QED) is 0.438. The van der Waals surface area contributed by atoms with Crippen LogP contribution in [0.1, 0.15) is 36.0 Å². The van der Waals surface area contributed by atoms with Crippen LogP contribution in [0.4, 0.5) is 0 Å². The molecule has 2 heterocycles. The van der Waals surface area contributed by atoms with Crippen LogP contribution in [0.15, 0.2) is 74.8 Å². The Labute approximate surface area is 195 Å². The number of nitrogens with zero attached hydrogens (tertiary/aromatic N) is 2. The van der Waals surface area contributed by atoms with Crippen LogP contribution in [0.5, 0.6) is 0 Å². The summed E-state index contributed by atoms with van der Waals surface area (Å²) in [6.07, 6.45) is 0. The number of para-hydroxylation sites is 1. The van der Waals surface area contributed by atoms with Crippen LogP contribution in [-0.2, 0) is 4.79 Å². The fraction of sp³-hybridized carbons (Fsp3) is 0.280. The maximum Gasteiger partial charge on any atom is 0.290 e. The number of hydrogen-bond donors (Lipinski definition) is 1. The molecule has 7 heteroatoms. The van der Waals surface area contributed by atoms with Gasteiger partial charge in [0.25, 0.3) is 5.91 Å². The molecule has 3 aromatic rings. The highest BCUT2D eigenvalue weighted by molar-refractivity contribution is 9.10. The minimum atomic E-state index is -0.698. The SMILES string of the molecule is CCN(CC)CCN1C(=O)C(O)=C(C(=O)c2cc3ccccc3o2)[C@H]1c1cccc(Br)c1. The van der Waals surface area contributed by atoms with Crippen molar-refractivity contribution in [3.8, 4) is 0 Å². The first kappa shape index (κ1) is 22.3. The second-order valence-electron chi connectivity index (χ2n) is 7.72. The molecule has 1 atom stereocenters. The Morgan fingerprint density at radius 3 is 2.56 bits per heavy atom. The van der Waals surface area contributed by atoms with Gasteiger partial charge in [-0.1, -0.05) is 60.1 Å². The average molecular weight is 497 g/mol. The first-order valence-electron chi connectivity index (χ1n) is 10.7. The highest BCUT2D eigenvalue weighted by atomic mass is 79.9. The van der Waals surface area contributed by atoms with Crippen molar-refractivity contribution >= 4 is 38.6 Å². The van der Waals surface area contributed by atoms with Crippen molar-refractivity contribution in [3.63, 3.8) is 0 Å². The third-order valence-electron chi connectivity index (χ3n) is 5.91. The molecule has 1 N–H and O–H groups in total. The molecule has 1 amide bonds. The summed E-state index contributed by atoms with van der Waals surface area (Å²) in [7, 11) is 0. The zero-order valence-corrected chi connectivity index (χ0v) is 19.6.